The molecule has 0 saturated carbocycles. The second-order valence-electron chi connectivity index (χ2n) is 7.32. The van der Waals surface area contributed by atoms with Gasteiger partial charge in [0.25, 0.3) is 0 Å². The van der Waals surface area contributed by atoms with Crippen LogP contribution in [0.25, 0.3) is 11.0 Å². The van der Waals surface area contributed by atoms with E-state index in [2.05, 4.69) is 40.4 Å². The van der Waals surface area contributed by atoms with Crippen molar-refractivity contribution in [2.45, 2.75) is 26.3 Å². The SMILES string of the molecule is CC1(C)COC[C@H]1n1c(Cc2ccc(Br)cc2F)nc2ccccc21. The van der Waals surface area contributed by atoms with E-state index in [1.165, 1.54) is 6.07 Å². The summed E-state index contributed by atoms with van der Waals surface area (Å²) in [6.07, 6.45) is 0.459. The van der Waals surface area contributed by atoms with Gasteiger partial charge in [-0.2, -0.15) is 0 Å². The summed E-state index contributed by atoms with van der Waals surface area (Å²) in [4.78, 5) is 4.81. The number of rotatable bonds is 3. The molecule has 25 heavy (non-hydrogen) atoms. The van der Waals surface area contributed by atoms with Gasteiger partial charge in [-0.05, 0) is 29.8 Å². The number of para-hydroxylation sites is 2. The third-order valence-electron chi connectivity index (χ3n) is 5.00. The maximum atomic E-state index is 14.4. The molecule has 3 nitrogen and oxygen atoms in total. The predicted octanol–water partition coefficient (Wildman–Crippen LogP) is 5.13. The second-order valence-corrected chi connectivity index (χ2v) is 8.23. The van der Waals surface area contributed by atoms with Crippen LogP contribution < -0.4 is 0 Å². The molecule has 0 spiro atoms. The van der Waals surface area contributed by atoms with Crippen LogP contribution >= 0.6 is 15.9 Å². The quantitative estimate of drug-likeness (QED) is 0.607. The average molecular weight is 403 g/mol. The number of aromatic nitrogens is 2. The van der Waals surface area contributed by atoms with Crippen molar-refractivity contribution in [1.82, 2.24) is 9.55 Å². The molecule has 0 amide bonds. The molecule has 1 aliphatic rings. The first-order chi connectivity index (χ1) is 12.0. The van der Waals surface area contributed by atoms with Crippen LogP contribution in [-0.2, 0) is 11.2 Å². The summed E-state index contributed by atoms with van der Waals surface area (Å²) >= 11 is 3.32. The van der Waals surface area contributed by atoms with Crippen molar-refractivity contribution >= 4 is 27.0 Å². The van der Waals surface area contributed by atoms with Crippen LogP contribution in [0.4, 0.5) is 4.39 Å². The lowest BCUT2D eigenvalue weighted by Crippen LogP contribution is -2.27. The Morgan fingerprint density at radius 2 is 2.08 bits per heavy atom. The van der Waals surface area contributed by atoms with Gasteiger partial charge in [-0.15, -0.1) is 0 Å². The zero-order valence-corrected chi connectivity index (χ0v) is 15.9. The van der Waals surface area contributed by atoms with Crippen LogP contribution in [0.2, 0.25) is 0 Å². The molecule has 0 N–H and O–H groups in total. The first-order valence-electron chi connectivity index (χ1n) is 8.43. The van der Waals surface area contributed by atoms with Crippen molar-refractivity contribution < 1.29 is 9.13 Å². The number of benzene rings is 2. The van der Waals surface area contributed by atoms with Gasteiger partial charge < -0.3 is 9.30 Å². The van der Waals surface area contributed by atoms with E-state index in [0.29, 0.717) is 18.6 Å². The van der Waals surface area contributed by atoms with Gasteiger partial charge in [0.15, 0.2) is 0 Å². The number of hydrogen-bond donors (Lipinski definition) is 0. The molecular weight excluding hydrogens is 383 g/mol. The van der Waals surface area contributed by atoms with Gasteiger partial charge in [-0.3, -0.25) is 0 Å². The average Bonchev–Trinajstić information content (AvgIpc) is 3.08. The van der Waals surface area contributed by atoms with E-state index in [9.17, 15) is 4.39 Å². The fourth-order valence-corrected chi connectivity index (χ4v) is 3.91. The van der Waals surface area contributed by atoms with Crippen LogP contribution in [0.15, 0.2) is 46.9 Å². The van der Waals surface area contributed by atoms with E-state index in [0.717, 1.165) is 27.9 Å². The molecule has 1 atom stereocenters. The van der Waals surface area contributed by atoms with Gasteiger partial charge in [-0.25, -0.2) is 9.37 Å². The van der Waals surface area contributed by atoms with E-state index in [1.807, 2.05) is 30.3 Å². The Bertz CT molecular complexity index is 935. The van der Waals surface area contributed by atoms with Gasteiger partial charge in [0, 0.05) is 16.3 Å². The lowest BCUT2D eigenvalue weighted by molar-refractivity contribution is 0.166. The van der Waals surface area contributed by atoms with Crippen molar-refractivity contribution in [3.8, 4) is 0 Å². The van der Waals surface area contributed by atoms with E-state index in [1.54, 1.807) is 0 Å². The number of hydrogen-bond acceptors (Lipinski definition) is 2. The summed E-state index contributed by atoms with van der Waals surface area (Å²) in [6, 6.07) is 13.5. The smallest absolute Gasteiger partial charge is 0.127 e. The first-order valence-corrected chi connectivity index (χ1v) is 9.22. The number of nitrogens with zero attached hydrogens (tertiary/aromatic N) is 2. The Balaban J connectivity index is 1.84. The molecule has 0 radical (unpaired) electrons. The second kappa shape index (κ2) is 6.22. The Hall–Kier alpha value is -1.72. The number of ether oxygens (including phenoxy) is 1. The van der Waals surface area contributed by atoms with E-state index >= 15 is 0 Å². The highest BCUT2D eigenvalue weighted by Gasteiger charge is 2.38. The van der Waals surface area contributed by atoms with Gasteiger partial charge in [-0.1, -0.05) is 48.0 Å². The molecule has 0 bridgehead atoms. The monoisotopic (exact) mass is 402 g/mol. The summed E-state index contributed by atoms with van der Waals surface area (Å²) in [5.41, 5.74) is 2.68. The van der Waals surface area contributed by atoms with Crippen LogP contribution in [0, 0.1) is 11.2 Å². The molecule has 1 aromatic heterocycles. The molecule has 2 aromatic carbocycles. The molecule has 3 aromatic rings. The maximum Gasteiger partial charge on any atom is 0.127 e. The summed E-state index contributed by atoms with van der Waals surface area (Å²) < 4.78 is 23.1. The standard InChI is InChI=1S/C20H20BrFN2O/c1-20(2)12-25-11-18(20)24-17-6-4-3-5-16(17)23-19(24)9-13-7-8-14(21)10-15(13)22/h3-8,10,18H,9,11-12H2,1-2H3/t18-/m1/s1. The Kier molecular flexibility index (Phi) is 4.16. The minimum absolute atomic E-state index is 0.0104. The van der Waals surface area contributed by atoms with Crippen molar-refractivity contribution in [3.63, 3.8) is 0 Å². The van der Waals surface area contributed by atoms with Crippen molar-refractivity contribution in [1.29, 1.82) is 0 Å². The number of halogens is 2. The summed E-state index contributed by atoms with van der Waals surface area (Å²) in [6.45, 7) is 5.80. The number of fused-ring (bicyclic) bond motifs is 1. The minimum Gasteiger partial charge on any atom is -0.379 e. The van der Waals surface area contributed by atoms with Crippen LogP contribution in [0.5, 0.6) is 0 Å². The maximum absolute atomic E-state index is 14.4. The molecule has 1 aliphatic heterocycles. The van der Waals surface area contributed by atoms with E-state index < -0.39 is 0 Å². The van der Waals surface area contributed by atoms with Crippen LogP contribution in [0.1, 0.15) is 31.3 Å². The normalized spacial score (nSPS) is 19.6. The van der Waals surface area contributed by atoms with Crippen molar-refractivity contribution in [2.24, 2.45) is 5.41 Å². The van der Waals surface area contributed by atoms with Crippen molar-refractivity contribution in [3.05, 3.63) is 64.1 Å². The molecule has 0 aliphatic carbocycles. The zero-order chi connectivity index (χ0) is 17.6. The molecule has 130 valence electrons. The topological polar surface area (TPSA) is 27.1 Å². The lowest BCUT2D eigenvalue weighted by atomic mass is 9.87. The Morgan fingerprint density at radius 3 is 2.80 bits per heavy atom. The highest BCUT2D eigenvalue weighted by molar-refractivity contribution is 9.10. The lowest BCUT2D eigenvalue weighted by Gasteiger charge is -2.28. The summed E-state index contributed by atoms with van der Waals surface area (Å²) in [5.74, 6) is 0.668. The molecule has 4 rings (SSSR count). The third kappa shape index (κ3) is 3.00. The van der Waals surface area contributed by atoms with E-state index in [4.69, 9.17) is 9.72 Å². The first kappa shape index (κ1) is 16.7. The molecule has 0 unspecified atom stereocenters. The molecule has 1 saturated heterocycles. The van der Waals surface area contributed by atoms with Gasteiger partial charge in [0.05, 0.1) is 30.3 Å². The Morgan fingerprint density at radius 1 is 1.28 bits per heavy atom. The molecule has 2 heterocycles. The fraction of sp³-hybridized carbons (Fsp3) is 0.350. The largest absolute Gasteiger partial charge is 0.379 e. The molecular formula is C20H20BrFN2O. The highest BCUT2D eigenvalue weighted by Crippen LogP contribution is 2.40. The van der Waals surface area contributed by atoms with Crippen molar-refractivity contribution in [2.75, 3.05) is 13.2 Å². The predicted molar refractivity (Wildman–Crippen MR) is 100 cm³/mol. The highest BCUT2D eigenvalue weighted by atomic mass is 79.9. The summed E-state index contributed by atoms with van der Waals surface area (Å²) in [7, 11) is 0. The third-order valence-corrected chi connectivity index (χ3v) is 5.49. The Labute approximate surface area is 155 Å². The number of imidazole rings is 1. The van der Waals surface area contributed by atoms with Gasteiger partial charge in [0.1, 0.15) is 11.6 Å². The van der Waals surface area contributed by atoms with Crippen LogP contribution in [0.3, 0.4) is 0 Å². The zero-order valence-electron chi connectivity index (χ0n) is 14.3. The molecule has 1 fully saturated rings. The van der Waals surface area contributed by atoms with Gasteiger partial charge >= 0.3 is 0 Å². The molecule has 5 heteroatoms. The van der Waals surface area contributed by atoms with Crippen LogP contribution in [-0.4, -0.2) is 22.8 Å². The fourth-order valence-electron chi connectivity index (χ4n) is 3.58. The minimum atomic E-state index is -0.213. The van der Waals surface area contributed by atoms with E-state index in [-0.39, 0.29) is 17.3 Å². The van der Waals surface area contributed by atoms with Gasteiger partial charge in [0.2, 0.25) is 0 Å². The summed E-state index contributed by atoms with van der Waals surface area (Å²) in [5, 5.41) is 0.